The number of hydrogen-bond acceptors (Lipinski definition) is 7. The molecule has 8 nitrogen and oxygen atoms in total. The Morgan fingerprint density at radius 2 is 1.76 bits per heavy atom. The summed E-state index contributed by atoms with van der Waals surface area (Å²) in [5.41, 5.74) is 0.946. The topological polar surface area (TPSA) is 88.5 Å². The summed E-state index contributed by atoms with van der Waals surface area (Å²) in [5, 5.41) is 11.7. The first-order chi connectivity index (χ1) is 16.4. The summed E-state index contributed by atoms with van der Waals surface area (Å²) in [6.45, 7) is 3.63. The van der Waals surface area contributed by atoms with Crippen LogP contribution in [0.4, 0.5) is 0 Å². The number of ketones is 1. The zero-order valence-electron chi connectivity index (χ0n) is 19.1. The molecule has 34 heavy (non-hydrogen) atoms. The molecular formula is C25H27ClN2O6. The van der Waals surface area contributed by atoms with E-state index in [1.807, 2.05) is 0 Å². The van der Waals surface area contributed by atoms with E-state index in [-0.39, 0.29) is 11.3 Å². The molecule has 4 rings (SSSR count). The van der Waals surface area contributed by atoms with Gasteiger partial charge in [0, 0.05) is 42.3 Å². The molecule has 9 heteroatoms. The van der Waals surface area contributed by atoms with Gasteiger partial charge in [-0.1, -0.05) is 11.6 Å². The highest BCUT2D eigenvalue weighted by atomic mass is 35.5. The maximum atomic E-state index is 13.2. The van der Waals surface area contributed by atoms with E-state index in [0.29, 0.717) is 54.0 Å². The number of aliphatic hydroxyl groups excluding tert-OH is 1. The van der Waals surface area contributed by atoms with Crippen LogP contribution >= 0.6 is 11.6 Å². The lowest BCUT2D eigenvalue weighted by molar-refractivity contribution is -0.140. The highest BCUT2D eigenvalue weighted by Gasteiger charge is 2.47. The molecule has 0 saturated carbocycles. The fourth-order valence-electron chi connectivity index (χ4n) is 4.32. The number of hydrogen-bond donors (Lipinski definition) is 1. The number of aliphatic hydroxyl groups is 1. The van der Waals surface area contributed by atoms with Gasteiger partial charge in [0.25, 0.3) is 11.7 Å². The lowest BCUT2D eigenvalue weighted by Gasteiger charge is -2.31. The third kappa shape index (κ3) is 4.75. The Balaban J connectivity index is 1.81. The quantitative estimate of drug-likeness (QED) is 0.365. The van der Waals surface area contributed by atoms with Crippen molar-refractivity contribution in [3.63, 3.8) is 0 Å². The minimum Gasteiger partial charge on any atom is -0.507 e. The molecule has 2 heterocycles. The first kappa shape index (κ1) is 24.1. The average Bonchev–Trinajstić information content (AvgIpc) is 3.12. The fourth-order valence-corrected chi connectivity index (χ4v) is 4.45. The molecule has 1 N–H and O–H groups in total. The predicted octanol–water partition coefficient (Wildman–Crippen LogP) is 3.11. The summed E-state index contributed by atoms with van der Waals surface area (Å²) in [6.07, 6.45) is 0. The molecular weight excluding hydrogens is 460 g/mol. The fraction of sp³-hybridized carbons (Fsp3) is 0.360. The van der Waals surface area contributed by atoms with Crippen LogP contribution in [0.5, 0.6) is 11.5 Å². The molecule has 1 amide bonds. The molecule has 2 aromatic rings. The summed E-state index contributed by atoms with van der Waals surface area (Å²) < 4.78 is 16.4. The van der Waals surface area contributed by atoms with Crippen LogP contribution in [-0.2, 0) is 14.3 Å². The number of nitrogens with zero attached hydrogens (tertiary/aromatic N) is 2. The van der Waals surface area contributed by atoms with E-state index in [4.69, 9.17) is 25.8 Å². The summed E-state index contributed by atoms with van der Waals surface area (Å²) in [6, 6.07) is 10.8. The molecule has 2 fully saturated rings. The van der Waals surface area contributed by atoms with E-state index in [2.05, 4.69) is 4.90 Å². The maximum absolute atomic E-state index is 13.2. The van der Waals surface area contributed by atoms with Gasteiger partial charge in [-0.3, -0.25) is 14.5 Å². The average molecular weight is 487 g/mol. The summed E-state index contributed by atoms with van der Waals surface area (Å²) in [5.74, 6) is -0.658. The molecule has 0 bridgehead atoms. The van der Waals surface area contributed by atoms with Crippen molar-refractivity contribution in [1.82, 2.24) is 9.80 Å². The minimum atomic E-state index is -0.846. The Morgan fingerprint density at radius 1 is 1.06 bits per heavy atom. The third-order valence-electron chi connectivity index (χ3n) is 6.15. The molecule has 0 aromatic heterocycles. The highest BCUT2D eigenvalue weighted by molar-refractivity contribution is 6.46. The zero-order chi connectivity index (χ0) is 24.2. The van der Waals surface area contributed by atoms with Crippen molar-refractivity contribution in [1.29, 1.82) is 0 Å². The van der Waals surface area contributed by atoms with Crippen molar-refractivity contribution in [2.75, 3.05) is 53.6 Å². The van der Waals surface area contributed by atoms with Gasteiger partial charge in [0.15, 0.2) is 0 Å². The minimum absolute atomic E-state index is 0.000790. The number of morpholine rings is 1. The number of ether oxygens (including phenoxy) is 3. The largest absolute Gasteiger partial charge is 0.507 e. The second kappa shape index (κ2) is 10.5. The van der Waals surface area contributed by atoms with Gasteiger partial charge in [-0.25, -0.2) is 0 Å². The number of likely N-dealkylation sites (tertiary alicyclic amines) is 1. The standard InChI is InChI=1S/C25H27ClN2O6/c1-32-18-7-8-20(33-2)19(15-18)22-21(23(29)16-3-5-17(26)6-4-16)24(30)25(31)28(22)10-9-27-11-13-34-14-12-27/h3-8,15,22,29H,9-14H2,1-2H3/b23-21+/t22-/m1/s1. The van der Waals surface area contributed by atoms with Gasteiger partial charge in [-0.15, -0.1) is 0 Å². The Labute approximate surface area is 203 Å². The Kier molecular flexibility index (Phi) is 7.41. The Bertz CT molecular complexity index is 1100. The van der Waals surface area contributed by atoms with Crippen LogP contribution in [-0.4, -0.2) is 80.2 Å². The molecule has 2 aliphatic rings. The van der Waals surface area contributed by atoms with Crippen LogP contribution in [0.3, 0.4) is 0 Å². The number of carbonyl (C=O) groups excluding carboxylic acids is 2. The monoisotopic (exact) mass is 486 g/mol. The van der Waals surface area contributed by atoms with Gasteiger partial charge in [0.2, 0.25) is 0 Å². The molecule has 0 spiro atoms. The molecule has 0 radical (unpaired) electrons. The van der Waals surface area contributed by atoms with Crippen molar-refractivity contribution in [2.24, 2.45) is 0 Å². The van der Waals surface area contributed by atoms with Gasteiger partial charge in [-0.05, 0) is 42.5 Å². The lowest BCUT2D eigenvalue weighted by Crippen LogP contribution is -2.42. The van der Waals surface area contributed by atoms with E-state index in [1.54, 1.807) is 42.5 Å². The SMILES string of the molecule is COc1ccc(OC)c([C@@H]2/C(=C(\O)c3ccc(Cl)cc3)C(=O)C(=O)N2CCN2CCOCC2)c1. The predicted molar refractivity (Wildman–Crippen MR) is 127 cm³/mol. The van der Waals surface area contributed by atoms with E-state index >= 15 is 0 Å². The second-order valence-electron chi connectivity index (χ2n) is 8.06. The van der Waals surface area contributed by atoms with E-state index < -0.39 is 17.7 Å². The van der Waals surface area contributed by atoms with E-state index in [1.165, 1.54) is 19.1 Å². The summed E-state index contributed by atoms with van der Waals surface area (Å²) in [4.78, 5) is 30.1. The number of amides is 1. The first-order valence-electron chi connectivity index (χ1n) is 11.0. The van der Waals surface area contributed by atoms with Crippen LogP contribution < -0.4 is 9.47 Å². The van der Waals surface area contributed by atoms with Crippen LogP contribution in [0.2, 0.25) is 5.02 Å². The summed E-state index contributed by atoms with van der Waals surface area (Å²) in [7, 11) is 3.05. The smallest absolute Gasteiger partial charge is 0.295 e. The van der Waals surface area contributed by atoms with Crippen molar-refractivity contribution >= 4 is 29.1 Å². The second-order valence-corrected chi connectivity index (χ2v) is 8.50. The zero-order valence-corrected chi connectivity index (χ0v) is 19.9. The molecule has 2 aromatic carbocycles. The maximum Gasteiger partial charge on any atom is 0.295 e. The first-order valence-corrected chi connectivity index (χ1v) is 11.4. The van der Waals surface area contributed by atoms with Crippen molar-refractivity contribution in [2.45, 2.75) is 6.04 Å². The van der Waals surface area contributed by atoms with E-state index in [9.17, 15) is 14.7 Å². The number of rotatable bonds is 7. The summed E-state index contributed by atoms with van der Waals surface area (Å²) >= 11 is 5.99. The van der Waals surface area contributed by atoms with Crippen LogP contribution in [0, 0.1) is 0 Å². The molecule has 2 saturated heterocycles. The van der Waals surface area contributed by atoms with E-state index in [0.717, 1.165) is 13.1 Å². The van der Waals surface area contributed by atoms with Gasteiger partial charge in [0.05, 0.1) is 39.0 Å². The molecule has 180 valence electrons. The highest BCUT2D eigenvalue weighted by Crippen LogP contribution is 2.43. The van der Waals surface area contributed by atoms with Crippen molar-refractivity contribution in [3.8, 4) is 11.5 Å². The van der Waals surface area contributed by atoms with Crippen molar-refractivity contribution in [3.05, 3.63) is 64.2 Å². The molecule has 0 aliphatic carbocycles. The number of benzene rings is 2. The van der Waals surface area contributed by atoms with Crippen LogP contribution in [0.15, 0.2) is 48.0 Å². The van der Waals surface area contributed by atoms with Gasteiger partial charge >= 0.3 is 0 Å². The van der Waals surface area contributed by atoms with Gasteiger partial charge in [-0.2, -0.15) is 0 Å². The number of carbonyl (C=O) groups is 2. The number of methoxy groups -OCH3 is 2. The number of halogens is 1. The molecule has 0 unspecified atom stereocenters. The Morgan fingerprint density at radius 3 is 2.41 bits per heavy atom. The Hall–Kier alpha value is -3.07. The normalized spacial score (nSPS) is 20.6. The van der Waals surface area contributed by atoms with Crippen LogP contribution in [0.1, 0.15) is 17.2 Å². The lowest BCUT2D eigenvalue weighted by atomic mass is 9.94. The molecule has 1 atom stereocenters. The third-order valence-corrected chi connectivity index (χ3v) is 6.40. The van der Waals surface area contributed by atoms with Gasteiger partial charge < -0.3 is 24.2 Å². The number of Topliss-reactive ketones (excluding diaryl/α,β-unsaturated/α-hetero) is 1. The van der Waals surface area contributed by atoms with Gasteiger partial charge in [0.1, 0.15) is 17.3 Å². The van der Waals surface area contributed by atoms with Crippen molar-refractivity contribution < 1.29 is 28.9 Å². The molecule has 2 aliphatic heterocycles. The van der Waals surface area contributed by atoms with Crippen LogP contribution in [0.25, 0.3) is 5.76 Å².